The Bertz CT molecular complexity index is 854. The van der Waals surface area contributed by atoms with Gasteiger partial charge in [0.05, 0.1) is 6.04 Å². The Hall–Kier alpha value is -2.55. The lowest BCUT2D eigenvalue weighted by Gasteiger charge is -2.43. The number of Topliss-reactive ketones (excluding diaryl/α,β-unsaturated/α-hetero) is 1. The first-order chi connectivity index (χ1) is 18.1. The molecule has 2 aliphatic carbocycles. The number of hydrogen-bond acceptors (Lipinski definition) is 6. The molecule has 0 bridgehead atoms. The number of piperidine rings is 1. The molecule has 3 unspecified atom stereocenters. The quantitative estimate of drug-likeness (QED) is 0.179. The van der Waals surface area contributed by atoms with Gasteiger partial charge in [0, 0.05) is 25.7 Å². The topological polar surface area (TPSA) is 125 Å². The molecule has 9 heteroatoms. The van der Waals surface area contributed by atoms with Crippen molar-refractivity contribution in [1.29, 1.82) is 0 Å². The summed E-state index contributed by atoms with van der Waals surface area (Å²) in [5.74, 6) is -0.344. The van der Waals surface area contributed by atoms with Gasteiger partial charge in [0.1, 0.15) is 12.8 Å². The lowest BCUT2D eigenvalue weighted by atomic mass is 9.70. The summed E-state index contributed by atoms with van der Waals surface area (Å²) in [4.78, 5) is 60.7. The highest BCUT2D eigenvalue weighted by Gasteiger charge is 2.67. The fourth-order valence-corrected chi connectivity index (χ4v) is 6.79. The van der Waals surface area contributed by atoms with Crippen molar-refractivity contribution in [3.8, 4) is 0 Å². The number of likely N-dealkylation sites (tertiary alicyclic amines) is 1. The molecule has 2 saturated carbocycles. The Balaban J connectivity index is 0.00000247. The molecule has 3 N–H and O–H groups in total. The summed E-state index contributed by atoms with van der Waals surface area (Å²) in [5, 5.41) is 8.84. The molecule has 1 heterocycles. The van der Waals surface area contributed by atoms with Crippen molar-refractivity contribution in [2.45, 2.75) is 97.2 Å². The molecular weight excluding hydrogens is 484 g/mol. The van der Waals surface area contributed by atoms with E-state index in [-0.39, 0.29) is 29.3 Å². The Kier molecular flexibility index (Phi) is 11.7. The zero-order valence-electron chi connectivity index (χ0n) is 23.7. The summed E-state index contributed by atoms with van der Waals surface area (Å²) in [7, 11) is 0. The molecule has 1 aliphatic heterocycles. The predicted octanol–water partition coefficient (Wildman–Crippen LogP) is 2.39. The number of hydrogen-bond donors (Lipinski definition) is 3. The van der Waals surface area contributed by atoms with Crippen molar-refractivity contribution < 1.29 is 24.0 Å². The van der Waals surface area contributed by atoms with Gasteiger partial charge in [-0.1, -0.05) is 65.9 Å². The van der Waals surface area contributed by atoms with E-state index < -0.39 is 23.8 Å². The van der Waals surface area contributed by atoms with Crippen LogP contribution in [0.15, 0.2) is 12.7 Å². The van der Waals surface area contributed by atoms with Crippen LogP contribution in [0, 0.1) is 22.7 Å². The summed E-state index contributed by atoms with van der Waals surface area (Å²) in [6.45, 7) is 15.6. The number of rotatable bonds is 14. The highest BCUT2D eigenvalue weighted by Crippen LogP contribution is 2.65. The number of nitrogens with zero attached hydrogens (tertiary/aromatic N) is 1. The van der Waals surface area contributed by atoms with Crippen LogP contribution in [0.4, 0.5) is 0 Å². The molecule has 5 atom stereocenters. The normalized spacial score (nSPS) is 26.0. The van der Waals surface area contributed by atoms with Crippen LogP contribution in [0.2, 0.25) is 0 Å². The molecule has 0 aromatic heterocycles. The number of nitrogens with one attached hydrogen (secondary N) is 3. The maximum Gasteiger partial charge on any atom is 0.289 e. The van der Waals surface area contributed by atoms with E-state index in [1.807, 2.05) is 11.7 Å². The third-order valence-electron chi connectivity index (χ3n) is 9.17. The standard InChI is InChI=1S/C28H46N4O4.CH2O/c1-6-8-12-20(23(34)25(35)29-15-7-2)30-16-21-22-19(27(22,3)4)17-32(21)26(36)24(31-18-33)28(5)13-10-9-11-14-28;1-2/h7,18-22,24,30H,2,6,8-17H2,1,3-5H3,(H,29,35)(H,31,33);1H2/t19?,20?,21-,22?,24-;/m1./s1. The Morgan fingerprint density at radius 3 is 2.34 bits per heavy atom. The van der Waals surface area contributed by atoms with Crippen LogP contribution < -0.4 is 16.0 Å². The zero-order chi connectivity index (χ0) is 28.5. The molecule has 1 saturated heterocycles. The number of carbonyl (C=O) groups is 5. The van der Waals surface area contributed by atoms with Gasteiger partial charge in [-0.15, -0.1) is 6.58 Å². The third kappa shape index (κ3) is 6.90. The van der Waals surface area contributed by atoms with E-state index in [1.54, 1.807) is 6.08 Å². The van der Waals surface area contributed by atoms with E-state index in [9.17, 15) is 19.2 Å². The lowest BCUT2D eigenvalue weighted by molar-refractivity contribution is -0.141. The number of fused-ring (bicyclic) bond motifs is 1. The van der Waals surface area contributed by atoms with E-state index in [0.29, 0.717) is 37.8 Å². The second-order valence-electron chi connectivity index (χ2n) is 11.9. The SMILES string of the molecule is C=CCNC(=O)C(=O)C(CCCC)NC[C@@H]1C2C(CN1C(=O)[C@@H](NC=O)C1(C)CCCCC1)C2(C)C.C=O. The van der Waals surface area contributed by atoms with Gasteiger partial charge in [-0.3, -0.25) is 19.2 Å². The van der Waals surface area contributed by atoms with Gasteiger partial charge in [-0.25, -0.2) is 0 Å². The minimum atomic E-state index is -0.604. The fraction of sp³-hybridized carbons (Fsp3) is 0.759. The molecule has 9 nitrogen and oxygen atoms in total. The van der Waals surface area contributed by atoms with Crippen molar-refractivity contribution in [1.82, 2.24) is 20.9 Å². The molecule has 3 fully saturated rings. The van der Waals surface area contributed by atoms with Gasteiger partial charge in [0.15, 0.2) is 0 Å². The van der Waals surface area contributed by atoms with Crippen LogP contribution in [0.3, 0.4) is 0 Å². The van der Waals surface area contributed by atoms with E-state index in [4.69, 9.17) is 4.79 Å². The summed E-state index contributed by atoms with van der Waals surface area (Å²) in [6.07, 6.45) is 9.68. The summed E-state index contributed by atoms with van der Waals surface area (Å²) < 4.78 is 0. The first-order valence-corrected chi connectivity index (χ1v) is 14.1. The van der Waals surface area contributed by atoms with Crippen molar-refractivity contribution in [2.75, 3.05) is 19.6 Å². The monoisotopic (exact) mass is 532 g/mol. The zero-order valence-corrected chi connectivity index (χ0v) is 23.7. The average molecular weight is 533 g/mol. The molecule has 38 heavy (non-hydrogen) atoms. The van der Waals surface area contributed by atoms with Crippen LogP contribution in [0.25, 0.3) is 0 Å². The molecule has 0 aromatic rings. The minimum absolute atomic E-state index is 0.0125. The maximum absolute atomic E-state index is 13.9. The molecule has 3 aliphatic rings. The second-order valence-corrected chi connectivity index (χ2v) is 11.9. The van der Waals surface area contributed by atoms with Crippen LogP contribution >= 0.6 is 0 Å². The fourth-order valence-electron chi connectivity index (χ4n) is 6.79. The summed E-state index contributed by atoms with van der Waals surface area (Å²) in [5.41, 5.74) is -0.116. The predicted molar refractivity (Wildman–Crippen MR) is 147 cm³/mol. The highest BCUT2D eigenvalue weighted by atomic mass is 16.2. The molecule has 0 aromatic carbocycles. The maximum atomic E-state index is 13.9. The second kappa shape index (κ2) is 14.0. The van der Waals surface area contributed by atoms with Gasteiger partial charge in [0.2, 0.25) is 18.1 Å². The van der Waals surface area contributed by atoms with Crippen molar-refractivity contribution >= 4 is 30.8 Å². The smallest absolute Gasteiger partial charge is 0.289 e. The largest absolute Gasteiger partial charge is 0.346 e. The van der Waals surface area contributed by atoms with Gasteiger partial charge < -0.3 is 25.6 Å². The Labute approximate surface area is 227 Å². The summed E-state index contributed by atoms with van der Waals surface area (Å²) >= 11 is 0. The minimum Gasteiger partial charge on any atom is -0.346 e. The van der Waals surface area contributed by atoms with Crippen molar-refractivity contribution in [3.63, 3.8) is 0 Å². The van der Waals surface area contributed by atoms with E-state index in [2.05, 4.69) is 50.2 Å². The molecule has 0 radical (unpaired) electrons. The summed E-state index contributed by atoms with van der Waals surface area (Å²) in [6, 6.07) is -1.21. The Morgan fingerprint density at radius 2 is 1.76 bits per heavy atom. The van der Waals surface area contributed by atoms with E-state index in [1.165, 1.54) is 6.42 Å². The van der Waals surface area contributed by atoms with Crippen molar-refractivity contribution in [3.05, 3.63) is 12.7 Å². The van der Waals surface area contributed by atoms with Crippen LogP contribution in [-0.4, -0.2) is 73.5 Å². The van der Waals surface area contributed by atoms with Gasteiger partial charge in [-0.05, 0) is 41.9 Å². The average Bonchev–Trinajstić information content (AvgIpc) is 3.24. The van der Waals surface area contributed by atoms with Gasteiger partial charge in [0.25, 0.3) is 5.91 Å². The van der Waals surface area contributed by atoms with E-state index >= 15 is 0 Å². The van der Waals surface area contributed by atoms with Crippen LogP contribution in [0.1, 0.15) is 79.1 Å². The van der Waals surface area contributed by atoms with Gasteiger partial charge >= 0.3 is 0 Å². The molecular formula is C29H48N4O5. The van der Waals surface area contributed by atoms with Crippen LogP contribution in [-0.2, 0) is 24.0 Å². The molecule has 3 amide bonds. The highest BCUT2D eigenvalue weighted by molar-refractivity contribution is 6.38. The Morgan fingerprint density at radius 1 is 1.11 bits per heavy atom. The molecule has 214 valence electrons. The molecule has 3 rings (SSSR count). The molecule has 0 spiro atoms. The van der Waals surface area contributed by atoms with E-state index in [0.717, 1.165) is 38.5 Å². The number of ketones is 1. The van der Waals surface area contributed by atoms with Crippen molar-refractivity contribution in [2.24, 2.45) is 22.7 Å². The van der Waals surface area contributed by atoms with Gasteiger partial charge in [-0.2, -0.15) is 0 Å². The first kappa shape index (κ1) is 31.7. The lowest BCUT2D eigenvalue weighted by Crippen LogP contribution is -2.59. The number of carbonyl (C=O) groups excluding carboxylic acids is 5. The first-order valence-electron chi connectivity index (χ1n) is 14.1. The number of unbranched alkanes of at least 4 members (excludes halogenated alkanes) is 1. The van der Waals surface area contributed by atoms with Crippen LogP contribution in [0.5, 0.6) is 0 Å². The number of amides is 3. The third-order valence-corrected chi connectivity index (χ3v) is 9.17.